The van der Waals surface area contributed by atoms with Gasteiger partial charge in [0.2, 0.25) is 0 Å². The molecule has 1 rings (SSSR count). The van der Waals surface area contributed by atoms with Gasteiger partial charge in [0.05, 0.1) is 12.2 Å². The molecule has 14 heavy (non-hydrogen) atoms. The van der Waals surface area contributed by atoms with E-state index in [1.165, 1.54) is 0 Å². The van der Waals surface area contributed by atoms with Crippen molar-refractivity contribution < 1.29 is 10.2 Å². The summed E-state index contributed by atoms with van der Waals surface area (Å²) in [5.74, 6) is 0. The average Bonchev–Trinajstić information content (AvgIpc) is 2.18. The van der Waals surface area contributed by atoms with Gasteiger partial charge in [-0.1, -0.05) is 24.3 Å². The molecule has 2 nitrogen and oxygen atoms in total. The van der Waals surface area contributed by atoms with Crippen LogP contribution in [0.15, 0.2) is 24.3 Å². The molecule has 0 aromatic heterocycles. The van der Waals surface area contributed by atoms with Crippen LogP contribution in [0.4, 0.5) is 0 Å². The van der Waals surface area contributed by atoms with E-state index >= 15 is 0 Å². The largest absolute Gasteiger partial charge is 0.390 e. The Bertz CT molecular complexity index is 196. The summed E-state index contributed by atoms with van der Waals surface area (Å²) in [5.41, 5.74) is 0. The van der Waals surface area contributed by atoms with Crippen LogP contribution in [0.25, 0.3) is 0 Å². The molecule has 0 fully saturated rings. The Morgan fingerprint density at radius 3 is 2.21 bits per heavy atom. The van der Waals surface area contributed by atoms with Crippen molar-refractivity contribution in [2.45, 2.75) is 50.7 Å². The molecule has 80 valence electrons. The fourth-order valence-electron chi connectivity index (χ4n) is 1.58. The van der Waals surface area contributed by atoms with Gasteiger partial charge in [-0.25, -0.2) is 0 Å². The zero-order valence-corrected chi connectivity index (χ0v) is 8.60. The Labute approximate surface area is 86.0 Å². The lowest BCUT2D eigenvalue weighted by Crippen LogP contribution is -2.25. The van der Waals surface area contributed by atoms with E-state index in [4.69, 9.17) is 0 Å². The summed E-state index contributed by atoms with van der Waals surface area (Å²) < 4.78 is 0. The Kier molecular flexibility index (Phi) is 5.57. The van der Waals surface area contributed by atoms with Gasteiger partial charge in [-0.15, -0.1) is 0 Å². The SMILES string of the molecule is OC1C/C=C\CC/C=C/CCCC1O. The van der Waals surface area contributed by atoms with E-state index in [1.54, 1.807) is 0 Å². The molecule has 0 aliphatic heterocycles. The normalized spacial score (nSPS) is 35.3. The zero-order chi connectivity index (χ0) is 10.2. The summed E-state index contributed by atoms with van der Waals surface area (Å²) >= 11 is 0. The van der Waals surface area contributed by atoms with Crippen LogP contribution in [0.5, 0.6) is 0 Å². The number of rotatable bonds is 0. The lowest BCUT2D eigenvalue weighted by molar-refractivity contribution is 0.0157. The molecule has 1 aliphatic carbocycles. The van der Waals surface area contributed by atoms with E-state index in [-0.39, 0.29) is 0 Å². The highest BCUT2D eigenvalue weighted by Crippen LogP contribution is 2.10. The van der Waals surface area contributed by atoms with E-state index in [1.807, 2.05) is 6.08 Å². The lowest BCUT2D eigenvalue weighted by atomic mass is 10.0. The summed E-state index contributed by atoms with van der Waals surface area (Å²) in [6, 6.07) is 0. The van der Waals surface area contributed by atoms with Crippen LogP contribution in [0.1, 0.15) is 38.5 Å². The Hall–Kier alpha value is -0.600. The summed E-state index contributed by atoms with van der Waals surface area (Å²) in [5, 5.41) is 19.1. The second-order valence-corrected chi connectivity index (χ2v) is 3.82. The first kappa shape index (κ1) is 11.5. The third-order valence-corrected chi connectivity index (χ3v) is 2.53. The molecule has 0 amide bonds. The van der Waals surface area contributed by atoms with Gasteiger partial charge in [0, 0.05) is 0 Å². The van der Waals surface area contributed by atoms with E-state index in [0.717, 1.165) is 25.7 Å². The fourth-order valence-corrected chi connectivity index (χ4v) is 1.58. The van der Waals surface area contributed by atoms with Crippen LogP contribution < -0.4 is 0 Å². The molecule has 0 bridgehead atoms. The summed E-state index contributed by atoms with van der Waals surface area (Å²) in [4.78, 5) is 0. The molecule has 2 atom stereocenters. The molecule has 0 aromatic carbocycles. The molecule has 0 spiro atoms. The first-order valence-corrected chi connectivity index (χ1v) is 5.47. The second-order valence-electron chi connectivity index (χ2n) is 3.82. The summed E-state index contributed by atoms with van der Waals surface area (Å²) in [6.45, 7) is 0. The van der Waals surface area contributed by atoms with Crippen LogP contribution in [-0.4, -0.2) is 22.4 Å². The smallest absolute Gasteiger partial charge is 0.0833 e. The van der Waals surface area contributed by atoms with Crippen LogP contribution in [0, 0.1) is 0 Å². The highest BCUT2D eigenvalue weighted by molar-refractivity contribution is 4.91. The van der Waals surface area contributed by atoms with Crippen LogP contribution in [-0.2, 0) is 0 Å². The van der Waals surface area contributed by atoms with Crippen molar-refractivity contribution in [1.82, 2.24) is 0 Å². The zero-order valence-electron chi connectivity index (χ0n) is 8.60. The van der Waals surface area contributed by atoms with Crippen molar-refractivity contribution in [3.63, 3.8) is 0 Å². The Balaban J connectivity index is 2.41. The maximum atomic E-state index is 9.55. The monoisotopic (exact) mass is 196 g/mol. The Morgan fingerprint density at radius 1 is 0.786 bits per heavy atom. The highest BCUT2D eigenvalue weighted by Gasteiger charge is 2.13. The molecule has 0 saturated heterocycles. The molecule has 2 unspecified atom stereocenters. The minimum atomic E-state index is -0.588. The van der Waals surface area contributed by atoms with Crippen LogP contribution >= 0.6 is 0 Å². The average molecular weight is 196 g/mol. The van der Waals surface area contributed by atoms with Gasteiger partial charge in [-0.3, -0.25) is 0 Å². The van der Waals surface area contributed by atoms with E-state index in [9.17, 15) is 10.2 Å². The van der Waals surface area contributed by atoms with Gasteiger partial charge in [0.1, 0.15) is 0 Å². The molecule has 2 heteroatoms. The third-order valence-electron chi connectivity index (χ3n) is 2.53. The van der Waals surface area contributed by atoms with Gasteiger partial charge in [0.15, 0.2) is 0 Å². The van der Waals surface area contributed by atoms with Crippen LogP contribution in [0.3, 0.4) is 0 Å². The van der Waals surface area contributed by atoms with Gasteiger partial charge in [-0.05, 0) is 38.5 Å². The Morgan fingerprint density at radius 2 is 1.43 bits per heavy atom. The van der Waals surface area contributed by atoms with Gasteiger partial charge in [-0.2, -0.15) is 0 Å². The first-order valence-electron chi connectivity index (χ1n) is 5.47. The molecule has 0 heterocycles. The van der Waals surface area contributed by atoms with Crippen molar-refractivity contribution in [2.24, 2.45) is 0 Å². The third kappa shape index (κ3) is 4.58. The molecule has 0 aromatic rings. The predicted octanol–water partition coefficient (Wildman–Crippen LogP) is 2.17. The van der Waals surface area contributed by atoms with Crippen molar-refractivity contribution >= 4 is 0 Å². The minimum absolute atomic E-state index is 0.563. The molecular weight excluding hydrogens is 176 g/mol. The molecule has 0 radical (unpaired) electrons. The van der Waals surface area contributed by atoms with Gasteiger partial charge < -0.3 is 10.2 Å². The number of allylic oxidation sites excluding steroid dienone is 3. The second kappa shape index (κ2) is 6.80. The minimum Gasteiger partial charge on any atom is -0.390 e. The molecule has 1 aliphatic rings. The van der Waals surface area contributed by atoms with Crippen molar-refractivity contribution in [1.29, 1.82) is 0 Å². The quantitative estimate of drug-likeness (QED) is 0.583. The number of aliphatic hydroxyl groups is 2. The first-order chi connectivity index (χ1) is 6.80. The predicted molar refractivity (Wildman–Crippen MR) is 58.0 cm³/mol. The van der Waals surface area contributed by atoms with Gasteiger partial charge in [0.25, 0.3) is 0 Å². The highest BCUT2D eigenvalue weighted by atomic mass is 16.3. The number of aliphatic hydroxyl groups excluding tert-OH is 2. The standard InChI is InChI=1S/C12H20O2/c13-11-9-7-5-3-1-2-4-6-8-10-12(11)14/h1,3,6,8,11-14H,2,4-5,7,9-10H2/b3-1+,8-6-. The fraction of sp³-hybridized carbons (Fsp3) is 0.667. The summed E-state index contributed by atoms with van der Waals surface area (Å²) in [6.07, 6.45) is 12.6. The van der Waals surface area contributed by atoms with Crippen molar-refractivity contribution in [2.75, 3.05) is 0 Å². The van der Waals surface area contributed by atoms with Crippen molar-refractivity contribution in [3.05, 3.63) is 24.3 Å². The van der Waals surface area contributed by atoms with E-state index < -0.39 is 12.2 Å². The number of hydrogen-bond acceptors (Lipinski definition) is 2. The van der Waals surface area contributed by atoms with Crippen molar-refractivity contribution in [3.8, 4) is 0 Å². The molecule has 2 N–H and O–H groups in total. The maximum Gasteiger partial charge on any atom is 0.0833 e. The van der Waals surface area contributed by atoms with Crippen LogP contribution in [0.2, 0.25) is 0 Å². The topological polar surface area (TPSA) is 40.5 Å². The molecular formula is C12H20O2. The molecule has 0 saturated carbocycles. The lowest BCUT2D eigenvalue weighted by Gasteiger charge is -2.15. The van der Waals surface area contributed by atoms with E-state index in [0.29, 0.717) is 12.8 Å². The summed E-state index contributed by atoms with van der Waals surface area (Å²) in [7, 11) is 0. The maximum absolute atomic E-state index is 9.55. The number of hydrogen-bond donors (Lipinski definition) is 2. The van der Waals surface area contributed by atoms with E-state index in [2.05, 4.69) is 18.2 Å². The van der Waals surface area contributed by atoms with Gasteiger partial charge >= 0.3 is 0 Å².